The number of hydrogen-bond donors (Lipinski definition) is 0. The van der Waals surface area contributed by atoms with Gasteiger partial charge >= 0.3 is 0 Å². The summed E-state index contributed by atoms with van der Waals surface area (Å²) in [4.78, 5) is 0. The van der Waals surface area contributed by atoms with E-state index in [9.17, 15) is 0 Å². The lowest BCUT2D eigenvalue weighted by Crippen LogP contribution is -2.47. The Bertz CT molecular complexity index is 304. The third-order valence-corrected chi connectivity index (χ3v) is 8.88. The normalized spacial score (nSPS) is 38.4. The van der Waals surface area contributed by atoms with Crippen molar-refractivity contribution in [3.63, 3.8) is 0 Å². The Kier molecular flexibility index (Phi) is 2.84. The van der Waals surface area contributed by atoms with Crippen molar-refractivity contribution < 1.29 is 9.16 Å². The van der Waals surface area contributed by atoms with Crippen LogP contribution >= 0.6 is 0 Å². The fourth-order valence-electron chi connectivity index (χ4n) is 2.15. The maximum Gasteiger partial charge on any atom is 0.192 e. The molecule has 0 saturated carbocycles. The number of hydrogen-bond acceptors (Lipinski definition) is 2. The topological polar surface area (TPSA) is 18.5 Å². The fraction of sp³-hybridized carbons (Fsp3) is 0.846. The Morgan fingerprint density at radius 2 is 1.69 bits per heavy atom. The molecule has 2 bridgehead atoms. The van der Waals surface area contributed by atoms with Gasteiger partial charge < -0.3 is 9.16 Å². The Morgan fingerprint density at radius 3 is 2.12 bits per heavy atom. The average Bonchev–Trinajstić information content (AvgIpc) is 2.67. The van der Waals surface area contributed by atoms with Gasteiger partial charge in [0.1, 0.15) is 6.10 Å². The highest BCUT2D eigenvalue weighted by molar-refractivity contribution is 6.74. The second kappa shape index (κ2) is 3.69. The van der Waals surface area contributed by atoms with Crippen LogP contribution in [0.2, 0.25) is 18.1 Å². The van der Waals surface area contributed by atoms with Crippen LogP contribution in [-0.4, -0.2) is 26.6 Å². The molecule has 2 nitrogen and oxygen atoms in total. The van der Waals surface area contributed by atoms with Crippen LogP contribution < -0.4 is 0 Å². The largest absolute Gasteiger partial charge is 0.411 e. The van der Waals surface area contributed by atoms with Crippen LogP contribution in [0, 0.1) is 5.92 Å². The first kappa shape index (κ1) is 12.3. The summed E-state index contributed by atoms with van der Waals surface area (Å²) in [5, 5.41) is 0.276. The van der Waals surface area contributed by atoms with Crippen LogP contribution in [0.1, 0.15) is 27.7 Å². The summed E-state index contributed by atoms with van der Waals surface area (Å²) in [7, 11) is -1.66. The molecule has 0 amide bonds. The first-order valence-electron chi connectivity index (χ1n) is 6.24. The molecule has 0 aliphatic carbocycles. The van der Waals surface area contributed by atoms with Crippen molar-refractivity contribution in [2.24, 2.45) is 5.92 Å². The molecular weight excluding hydrogens is 216 g/mol. The number of ether oxygens (including phenoxy) is 1. The van der Waals surface area contributed by atoms with E-state index in [1.165, 1.54) is 0 Å². The van der Waals surface area contributed by atoms with Crippen molar-refractivity contribution in [3.8, 4) is 0 Å². The molecule has 0 aromatic carbocycles. The second-order valence-corrected chi connectivity index (χ2v) is 11.4. The lowest BCUT2D eigenvalue weighted by molar-refractivity contribution is 0.0738. The Balaban J connectivity index is 2.09. The van der Waals surface area contributed by atoms with Crippen molar-refractivity contribution in [1.82, 2.24) is 0 Å². The van der Waals surface area contributed by atoms with E-state index in [2.05, 4.69) is 52.9 Å². The quantitative estimate of drug-likeness (QED) is 0.544. The van der Waals surface area contributed by atoms with Crippen LogP contribution in [0.4, 0.5) is 0 Å². The van der Waals surface area contributed by atoms with Gasteiger partial charge in [-0.1, -0.05) is 39.8 Å². The second-order valence-electron chi connectivity index (χ2n) is 6.65. The van der Waals surface area contributed by atoms with E-state index in [4.69, 9.17) is 9.16 Å². The monoisotopic (exact) mass is 240 g/mol. The van der Waals surface area contributed by atoms with Gasteiger partial charge in [0.2, 0.25) is 0 Å². The molecule has 0 radical (unpaired) electrons. The first-order valence-corrected chi connectivity index (χ1v) is 9.15. The first-order chi connectivity index (χ1) is 7.22. The molecule has 0 unspecified atom stereocenters. The van der Waals surface area contributed by atoms with Crippen LogP contribution in [-0.2, 0) is 9.16 Å². The number of rotatable bonds is 2. The third kappa shape index (κ3) is 1.89. The van der Waals surface area contributed by atoms with E-state index >= 15 is 0 Å². The lowest BCUT2D eigenvalue weighted by atomic mass is 9.93. The van der Waals surface area contributed by atoms with E-state index in [0.29, 0.717) is 12.0 Å². The third-order valence-electron chi connectivity index (χ3n) is 4.40. The smallest absolute Gasteiger partial charge is 0.192 e. The SMILES string of the molecule is C[C@@H]1[C@H](O[Si](C)(C)C(C)(C)C)[C@H]2C=C[C@@H]1O2. The van der Waals surface area contributed by atoms with E-state index in [1.807, 2.05) is 0 Å². The van der Waals surface area contributed by atoms with Gasteiger partial charge in [0.15, 0.2) is 8.32 Å². The molecule has 0 N–H and O–H groups in total. The minimum Gasteiger partial charge on any atom is -0.411 e. The van der Waals surface area contributed by atoms with Gasteiger partial charge in [-0.25, -0.2) is 0 Å². The van der Waals surface area contributed by atoms with E-state index in [1.54, 1.807) is 0 Å². The molecule has 4 atom stereocenters. The van der Waals surface area contributed by atoms with Crippen LogP contribution in [0.25, 0.3) is 0 Å². The zero-order valence-electron chi connectivity index (χ0n) is 11.3. The maximum atomic E-state index is 6.47. The summed E-state index contributed by atoms with van der Waals surface area (Å²) < 4.78 is 12.3. The lowest BCUT2D eigenvalue weighted by Gasteiger charge is -2.40. The molecule has 1 saturated heterocycles. The van der Waals surface area contributed by atoms with Gasteiger partial charge in [0.05, 0.1) is 12.2 Å². The predicted molar refractivity (Wildman–Crippen MR) is 69.0 cm³/mol. The molecule has 2 aliphatic rings. The Morgan fingerprint density at radius 1 is 1.12 bits per heavy atom. The zero-order chi connectivity index (χ0) is 12.1. The van der Waals surface area contributed by atoms with Gasteiger partial charge in [-0.05, 0) is 18.1 Å². The van der Waals surface area contributed by atoms with Crippen LogP contribution in [0.5, 0.6) is 0 Å². The molecule has 92 valence electrons. The summed E-state index contributed by atoms with van der Waals surface area (Å²) in [6.07, 6.45) is 5.12. The Hall–Kier alpha value is -0.123. The van der Waals surface area contributed by atoms with Gasteiger partial charge in [0.25, 0.3) is 0 Å². The highest BCUT2D eigenvalue weighted by Crippen LogP contribution is 2.43. The van der Waals surface area contributed by atoms with Gasteiger partial charge in [-0.15, -0.1) is 0 Å². The van der Waals surface area contributed by atoms with Crippen molar-refractivity contribution >= 4 is 8.32 Å². The van der Waals surface area contributed by atoms with Crippen molar-refractivity contribution in [3.05, 3.63) is 12.2 Å². The molecule has 0 spiro atoms. The molecule has 0 aromatic heterocycles. The zero-order valence-corrected chi connectivity index (χ0v) is 12.3. The Labute approximate surface area is 100 Å². The van der Waals surface area contributed by atoms with Crippen LogP contribution in [0.15, 0.2) is 12.2 Å². The molecular formula is C13H24O2Si. The highest BCUT2D eigenvalue weighted by atomic mass is 28.4. The molecule has 2 heterocycles. The van der Waals surface area contributed by atoms with E-state index in [-0.39, 0.29) is 17.2 Å². The fourth-order valence-corrected chi connectivity index (χ4v) is 3.54. The van der Waals surface area contributed by atoms with Crippen LogP contribution in [0.3, 0.4) is 0 Å². The van der Waals surface area contributed by atoms with Crippen molar-refractivity contribution in [1.29, 1.82) is 0 Å². The van der Waals surface area contributed by atoms with Gasteiger partial charge in [-0.2, -0.15) is 0 Å². The minimum atomic E-state index is -1.66. The standard InChI is InChI=1S/C13H24O2Si/c1-9-10-7-8-11(14-10)12(9)15-16(5,6)13(2,3)4/h7-12H,1-6H3/t9-,10-,11+,12-/m0/s1. The summed E-state index contributed by atoms with van der Waals surface area (Å²) in [5.41, 5.74) is 0. The molecule has 0 aromatic rings. The summed E-state index contributed by atoms with van der Waals surface area (Å²) in [5.74, 6) is 0.504. The minimum absolute atomic E-state index is 0.203. The van der Waals surface area contributed by atoms with Crippen molar-refractivity contribution in [2.45, 2.75) is 64.1 Å². The van der Waals surface area contributed by atoms with Crippen molar-refractivity contribution in [2.75, 3.05) is 0 Å². The van der Waals surface area contributed by atoms with Gasteiger partial charge in [-0.3, -0.25) is 0 Å². The average molecular weight is 240 g/mol. The van der Waals surface area contributed by atoms with E-state index in [0.717, 1.165) is 0 Å². The molecule has 3 heteroatoms. The summed E-state index contributed by atoms with van der Waals surface area (Å²) in [6.45, 7) is 13.7. The predicted octanol–water partition coefficient (Wildman–Crippen LogP) is 3.35. The maximum absolute atomic E-state index is 6.47. The molecule has 16 heavy (non-hydrogen) atoms. The summed E-state index contributed by atoms with van der Waals surface area (Å²) >= 11 is 0. The molecule has 2 rings (SSSR count). The van der Waals surface area contributed by atoms with Gasteiger partial charge in [0, 0.05) is 5.92 Å². The highest BCUT2D eigenvalue weighted by Gasteiger charge is 2.48. The van der Waals surface area contributed by atoms with E-state index < -0.39 is 8.32 Å². The molecule has 2 aliphatic heterocycles. The number of fused-ring (bicyclic) bond motifs is 2. The molecule has 1 fully saturated rings. The summed E-state index contributed by atoms with van der Waals surface area (Å²) in [6, 6.07) is 0.